The third-order valence-electron chi connectivity index (χ3n) is 19.1. The van der Waals surface area contributed by atoms with Crippen LogP contribution in [0, 0.1) is 5.92 Å². The maximum atomic E-state index is 11.1. The van der Waals surface area contributed by atoms with E-state index in [0.717, 1.165) is 151 Å². The predicted octanol–water partition coefficient (Wildman–Crippen LogP) is 15.0. The smallest absolute Gasteiger partial charge is 0.124 e. The lowest BCUT2D eigenvalue weighted by Gasteiger charge is -2.39. The lowest BCUT2D eigenvalue weighted by Crippen LogP contribution is -2.44. The summed E-state index contributed by atoms with van der Waals surface area (Å²) in [4.78, 5) is 37.3. The number of fused-ring (bicyclic) bond motifs is 3. The molecule has 0 radical (unpaired) electrons. The zero-order valence-corrected chi connectivity index (χ0v) is 63.6. The molecule has 27 heteroatoms. The number of β-amino-alcohol motifs (C(OH)–C–C–N with tert-alkyl or cyclic N) is 1. The van der Waals surface area contributed by atoms with Crippen LogP contribution in [-0.4, -0.2) is 193 Å². The number of methoxy groups -OCH3 is 6. The van der Waals surface area contributed by atoms with E-state index in [9.17, 15) is 10.3 Å². The largest absolute Gasteiger partial charge is 0.497 e. The van der Waals surface area contributed by atoms with Gasteiger partial charge in [-0.1, -0.05) is 55.1 Å². The predicted molar refractivity (Wildman–Crippen MR) is 442 cm³/mol. The normalized spacial score (nSPS) is 14.5. The summed E-state index contributed by atoms with van der Waals surface area (Å²) >= 11 is 0. The Morgan fingerprint density at radius 3 is 1.23 bits per heavy atom. The molecule has 2 aliphatic rings. The van der Waals surface area contributed by atoms with E-state index in [1.54, 1.807) is 81.5 Å². The van der Waals surface area contributed by atoms with Crippen LogP contribution in [0.2, 0.25) is 0 Å². The Labute approximate surface area is 651 Å². The third kappa shape index (κ3) is 20.9. The first-order valence-corrected chi connectivity index (χ1v) is 36.1. The standard InChI is InChI=1S/C29H36N6O2.C27H32N6O4.C25H28N6O3.3CH4/c1-19(2)32-21-6-8-22(9-7-21)35(24-12-25(36-4)15-26(13-24)37-5)23-10-11-27-28(14-23)33-29(17-30-27)20-16-31-34(3)18-20;1-31-16-19(14-29-31)27-15-28-25-5-4-20(12-26(25)30-27)33(18-22(34)17-32-6-8-37-9-7-32)21-10-23(35-2)13-24(11-21)36-3;1-16(2)25(29-32)15-31(19-8-20(33-4)11-21(9-19)34-5)18-6-7-22-23(10-18)28-24(13-26-22)17-12-27-30(3)14-17;;;/h10-19,21-22,32H,6-9H2,1-5H3;4-5,10-16,22,34H,6-9,17-18H2,1-3H3;6-14,16,32H,15H2,1-5H3;3*1H4/b;;29-25-;;;. The molecule has 1 aliphatic heterocycles. The lowest BCUT2D eigenvalue weighted by atomic mass is 9.89. The van der Waals surface area contributed by atoms with E-state index in [0.29, 0.717) is 79.7 Å². The number of rotatable bonds is 25. The average Bonchev–Trinajstić information content (AvgIpc) is 0.944. The Morgan fingerprint density at radius 2 is 0.865 bits per heavy atom. The first-order chi connectivity index (χ1) is 52.4. The molecule has 1 aliphatic carbocycles. The second-order valence-electron chi connectivity index (χ2n) is 27.4. The van der Waals surface area contributed by atoms with Crippen molar-refractivity contribution in [3.8, 4) is 68.3 Å². The lowest BCUT2D eigenvalue weighted by molar-refractivity contribution is 0.0164. The van der Waals surface area contributed by atoms with Gasteiger partial charge in [-0.05, 0) is 86.2 Å². The summed E-state index contributed by atoms with van der Waals surface area (Å²) in [5, 5.41) is 40.8. The van der Waals surface area contributed by atoms with Crippen molar-refractivity contribution in [3.63, 3.8) is 0 Å². The number of benzene rings is 6. The Kier molecular flexibility index (Phi) is 29.1. The van der Waals surface area contributed by atoms with Gasteiger partial charge in [0.05, 0.1) is 168 Å². The molecule has 6 aromatic heterocycles. The van der Waals surface area contributed by atoms with Crippen LogP contribution in [0.3, 0.4) is 0 Å². The molecule has 588 valence electrons. The van der Waals surface area contributed by atoms with Gasteiger partial charge in [-0.3, -0.25) is 33.9 Å². The van der Waals surface area contributed by atoms with Crippen molar-refractivity contribution in [1.29, 1.82) is 0 Å². The minimum atomic E-state index is -0.598. The molecule has 0 spiro atoms. The van der Waals surface area contributed by atoms with E-state index in [1.807, 2.05) is 150 Å². The zero-order valence-electron chi connectivity index (χ0n) is 63.6. The molecular formula is C84H108N18O9. The van der Waals surface area contributed by atoms with Crippen molar-refractivity contribution in [2.75, 3.05) is 103 Å². The Morgan fingerprint density at radius 1 is 0.486 bits per heavy atom. The van der Waals surface area contributed by atoms with E-state index in [1.165, 1.54) is 0 Å². The fraction of sp³-hybridized carbons (Fsp3) is 0.381. The van der Waals surface area contributed by atoms with Gasteiger partial charge in [-0.25, -0.2) is 15.0 Å². The van der Waals surface area contributed by atoms with Crippen molar-refractivity contribution >= 4 is 72.9 Å². The molecule has 111 heavy (non-hydrogen) atoms. The van der Waals surface area contributed by atoms with E-state index < -0.39 is 6.10 Å². The zero-order chi connectivity index (χ0) is 76.0. The highest BCUT2D eigenvalue weighted by molar-refractivity contribution is 5.93. The molecule has 7 heterocycles. The number of hydrogen-bond donors (Lipinski definition) is 3. The summed E-state index contributed by atoms with van der Waals surface area (Å²) in [6.07, 6.45) is 20.3. The monoisotopic (exact) mass is 1510 g/mol. The second-order valence-corrected chi connectivity index (χ2v) is 27.4. The molecule has 14 rings (SSSR count). The number of morpholine rings is 1. The summed E-state index contributed by atoms with van der Waals surface area (Å²) in [6.45, 7) is 12.7. The van der Waals surface area contributed by atoms with Gasteiger partial charge >= 0.3 is 0 Å². The fourth-order valence-electron chi connectivity index (χ4n) is 13.5. The maximum absolute atomic E-state index is 11.1. The molecule has 12 aromatic rings. The molecule has 1 saturated carbocycles. The highest BCUT2D eigenvalue weighted by Gasteiger charge is 2.30. The molecule has 2 fully saturated rings. The molecule has 0 bridgehead atoms. The van der Waals surface area contributed by atoms with Gasteiger partial charge in [-0.15, -0.1) is 0 Å². The van der Waals surface area contributed by atoms with Crippen LogP contribution in [0.5, 0.6) is 34.5 Å². The molecule has 1 saturated heterocycles. The van der Waals surface area contributed by atoms with Crippen molar-refractivity contribution in [2.45, 2.75) is 99.9 Å². The minimum Gasteiger partial charge on any atom is -0.497 e. The van der Waals surface area contributed by atoms with Gasteiger partial charge in [0.25, 0.3) is 0 Å². The van der Waals surface area contributed by atoms with E-state index >= 15 is 0 Å². The Bertz CT molecular complexity index is 4960. The average molecular weight is 1510 g/mol. The number of hydrogen-bond acceptors (Lipinski definition) is 24. The molecule has 3 N–H and O–H groups in total. The van der Waals surface area contributed by atoms with Gasteiger partial charge in [0, 0.05) is 183 Å². The molecular weight excluding hydrogens is 1410 g/mol. The van der Waals surface area contributed by atoms with Crippen LogP contribution in [0.25, 0.3) is 66.9 Å². The highest BCUT2D eigenvalue weighted by atomic mass is 16.5. The molecule has 6 aromatic carbocycles. The van der Waals surface area contributed by atoms with Gasteiger partial charge in [0.2, 0.25) is 0 Å². The minimum absolute atomic E-state index is 0. The molecule has 1 atom stereocenters. The van der Waals surface area contributed by atoms with Crippen molar-refractivity contribution in [2.24, 2.45) is 32.2 Å². The number of aliphatic hydroxyl groups is 1. The van der Waals surface area contributed by atoms with Crippen molar-refractivity contribution < 1.29 is 43.5 Å². The summed E-state index contributed by atoms with van der Waals surface area (Å²) < 4.78 is 44.0. The van der Waals surface area contributed by atoms with Crippen LogP contribution in [0.1, 0.15) is 75.7 Å². The van der Waals surface area contributed by atoms with Crippen LogP contribution in [0.4, 0.5) is 34.1 Å². The molecule has 1 unspecified atom stereocenters. The second kappa shape index (κ2) is 38.7. The van der Waals surface area contributed by atoms with Crippen LogP contribution in [-0.2, 0) is 25.9 Å². The fourth-order valence-corrected chi connectivity index (χ4v) is 13.5. The first-order valence-electron chi connectivity index (χ1n) is 36.1. The Hall–Kier alpha value is -11.5. The maximum Gasteiger partial charge on any atom is 0.124 e. The van der Waals surface area contributed by atoms with Crippen LogP contribution < -0.4 is 48.4 Å². The van der Waals surface area contributed by atoms with Gasteiger partial charge in [0.15, 0.2) is 0 Å². The van der Waals surface area contributed by atoms with Crippen molar-refractivity contribution in [3.05, 3.63) is 165 Å². The van der Waals surface area contributed by atoms with Gasteiger partial charge in [-0.2, -0.15) is 15.3 Å². The van der Waals surface area contributed by atoms with E-state index in [2.05, 4.69) is 99.6 Å². The summed E-state index contributed by atoms with van der Waals surface area (Å²) in [6, 6.07) is 37.0. The number of aromatic nitrogens is 12. The van der Waals surface area contributed by atoms with Crippen LogP contribution >= 0.6 is 0 Å². The summed E-state index contributed by atoms with van der Waals surface area (Å²) in [7, 11) is 15.5. The topological polar surface area (TPSA) is 273 Å². The van der Waals surface area contributed by atoms with Gasteiger partial charge < -0.3 is 63.5 Å². The number of nitrogens with one attached hydrogen (secondary N) is 1. The van der Waals surface area contributed by atoms with E-state index in [4.69, 9.17) is 48.1 Å². The summed E-state index contributed by atoms with van der Waals surface area (Å²) in [5.74, 6) is 4.25. The number of anilines is 6. The third-order valence-corrected chi connectivity index (χ3v) is 19.1. The SMILES string of the molecule is C.C.C.COc1cc(OC)cc(N(C/C(=N/O)C(C)C)c2ccc3ncc(-c4cnn(C)c4)nc3c2)c1.COc1cc(OC)cc(N(CC(O)CN2CCOCC2)c2ccc3ncc(-c4cnn(C)c4)nc3c2)c1.COc1cc(OC)cc(N(c2ccc3ncc(-c4cnn(C)c4)nc3c2)C2CCC(NC(C)C)CC2)c1. The number of ether oxygens (including phenoxy) is 7. The number of aliphatic hydroxyl groups excluding tert-OH is 1. The van der Waals surface area contributed by atoms with E-state index in [-0.39, 0.29) is 28.2 Å². The quantitative estimate of drug-likeness (QED) is 0.0272. The first kappa shape index (κ1) is 83.5. The van der Waals surface area contributed by atoms with Gasteiger partial charge in [0.1, 0.15) is 34.5 Å². The number of nitrogens with zero attached hydrogens (tertiary/aromatic N) is 17. The van der Waals surface area contributed by atoms with Crippen molar-refractivity contribution in [1.82, 2.24) is 69.5 Å². The summed E-state index contributed by atoms with van der Waals surface area (Å²) in [5.41, 5.74) is 16.0. The molecule has 0 amide bonds. The number of aryl methyl sites for hydroxylation is 3. The molecule has 27 nitrogen and oxygen atoms in total. The number of oxime groups is 1. The Balaban J connectivity index is 0.000000189. The van der Waals surface area contributed by atoms with Crippen LogP contribution in [0.15, 0.2) is 170 Å². The highest BCUT2D eigenvalue weighted by Crippen LogP contribution is 2.41.